The summed E-state index contributed by atoms with van der Waals surface area (Å²) in [6, 6.07) is 10.3. The number of thioether (sulfide) groups is 1. The molecule has 0 bridgehead atoms. The van der Waals surface area contributed by atoms with Crippen LogP contribution in [0.15, 0.2) is 35.4 Å². The van der Waals surface area contributed by atoms with Crippen LogP contribution in [0.3, 0.4) is 0 Å². The molecular formula is C13H10ClN3S2. The first-order valence-electron chi connectivity index (χ1n) is 5.70. The van der Waals surface area contributed by atoms with Gasteiger partial charge in [0.15, 0.2) is 0 Å². The van der Waals surface area contributed by atoms with Crippen LogP contribution in [0.25, 0.3) is 10.9 Å². The molecule has 0 spiro atoms. The zero-order valence-corrected chi connectivity index (χ0v) is 12.5. The van der Waals surface area contributed by atoms with Crippen molar-refractivity contribution in [2.24, 2.45) is 0 Å². The Morgan fingerprint density at radius 2 is 2.16 bits per heavy atom. The molecule has 2 aromatic heterocycles. The molecule has 6 heteroatoms. The van der Waals surface area contributed by atoms with Crippen LogP contribution in [0.4, 0.5) is 0 Å². The maximum absolute atomic E-state index is 5.99. The number of hydrogen-bond acceptors (Lipinski definition) is 5. The number of para-hydroxylation sites is 1. The number of aryl methyl sites for hydroxylation is 1. The number of benzene rings is 1. The first-order valence-corrected chi connectivity index (χ1v) is 7.83. The molecule has 0 N–H and O–H groups in total. The fraction of sp³-hybridized carbons (Fsp3) is 0.154. The van der Waals surface area contributed by atoms with E-state index < -0.39 is 0 Å². The summed E-state index contributed by atoms with van der Waals surface area (Å²) >= 11 is 8.84. The van der Waals surface area contributed by atoms with Gasteiger partial charge in [0.1, 0.15) is 10.0 Å². The summed E-state index contributed by atoms with van der Waals surface area (Å²) in [5.74, 6) is 0.695. The third-order valence-corrected chi connectivity index (χ3v) is 4.67. The van der Waals surface area contributed by atoms with Gasteiger partial charge >= 0.3 is 0 Å². The van der Waals surface area contributed by atoms with Gasteiger partial charge in [0.2, 0.25) is 0 Å². The SMILES string of the molecule is Cc1cc(SCc2nnsc2Cl)nc2ccccc12. The van der Waals surface area contributed by atoms with Crippen LogP contribution < -0.4 is 0 Å². The summed E-state index contributed by atoms with van der Waals surface area (Å²) in [6.45, 7) is 2.10. The standard InChI is InChI=1S/C13H10ClN3S2/c1-8-6-12(15-10-5-3-2-4-9(8)10)18-7-11-13(14)19-17-16-11/h2-6H,7H2,1H3. The lowest BCUT2D eigenvalue weighted by Crippen LogP contribution is -1.88. The van der Waals surface area contributed by atoms with E-state index in [-0.39, 0.29) is 0 Å². The molecule has 1 aromatic carbocycles. The molecule has 0 amide bonds. The number of aromatic nitrogens is 3. The number of pyridine rings is 1. The topological polar surface area (TPSA) is 38.7 Å². The predicted molar refractivity (Wildman–Crippen MR) is 81.0 cm³/mol. The van der Waals surface area contributed by atoms with Gasteiger partial charge < -0.3 is 0 Å². The minimum atomic E-state index is 0.657. The van der Waals surface area contributed by atoms with E-state index in [0.717, 1.165) is 16.2 Å². The van der Waals surface area contributed by atoms with Crippen molar-refractivity contribution in [3.05, 3.63) is 45.9 Å². The highest BCUT2D eigenvalue weighted by Gasteiger charge is 2.08. The molecule has 96 valence electrons. The first-order chi connectivity index (χ1) is 9.24. The van der Waals surface area contributed by atoms with Gasteiger partial charge in [0.05, 0.1) is 10.5 Å². The van der Waals surface area contributed by atoms with Gasteiger partial charge in [-0.2, -0.15) is 0 Å². The van der Waals surface area contributed by atoms with Crippen LogP contribution in [0, 0.1) is 6.92 Å². The Labute approximate surface area is 124 Å². The van der Waals surface area contributed by atoms with Crippen molar-refractivity contribution in [3.63, 3.8) is 0 Å². The number of halogens is 1. The molecule has 0 aliphatic rings. The molecule has 0 fully saturated rings. The fourth-order valence-corrected chi connectivity index (χ4v) is 3.52. The number of fused-ring (bicyclic) bond motifs is 1. The molecule has 0 radical (unpaired) electrons. The van der Waals surface area contributed by atoms with Crippen LogP contribution in [-0.4, -0.2) is 14.6 Å². The van der Waals surface area contributed by atoms with Crippen molar-refractivity contribution < 1.29 is 0 Å². The molecule has 0 unspecified atom stereocenters. The Kier molecular flexibility index (Phi) is 3.68. The summed E-state index contributed by atoms with van der Waals surface area (Å²) in [6.07, 6.45) is 0. The average Bonchev–Trinajstić information content (AvgIpc) is 2.82. The first kappa shape index (κ1) is 12.8. The molecule has 0 aliphatic carbocycles. The van der Waals surface area contributed by atoms with Crippen LogP contribution in [0.1, 0.15) is 11.3 Å². The molecular weight excluding hydrogens is 298 g/mol. The average molecular weight is 308 g/mol. The number of hydrogen-bond donors (Lipinski definition) is 0. The molecule has 2 heterocycles. The van der Waals surface area contributed by atoms with Crippen molar-refractivity contribution in [1.82, 2.24) is 14.6 Å². The maximum atomic E-state index is 5.99. The summed E-state index contributed by atoms with van der Waals surface area (Å²) in [4.78, 5) is 4.64. The summed E-state index contributed by atoms with van der Waals surface area (Å²) < 4.78 is 4.48. The normalized spacial score (nSPS) is 11.1. The molecule has 0 atom stereocenters. The highest BCUT2D eigenvalue weighted by molar-refractivity contribution is 7.98. The summed E-state index contributed by atoms with van der Waals surface area (Å²) in [5, 5.41) is 6.18. The third kappa shape index (κ3) is 2.73. The van der Waals surface area contributed by atoms with Crippen molar-refractivity contribution in [1.29, 1.82) is 0 Å². The zero-order valence-electron chi connectivity index (χ0n) is 10.1. The highest BCUT2D eigenvalue weighted by atomic mass is 35.5. The lowest BCUT2D eigenvalue weighted by atomic mass is 10.1. The third-order valence-electron chi connectivity index (χ3n) is 2.77. The van der Waals surface area contributed by atoms with E-state index in [0.29, 0.717) is 10.1 Å². The van der Waals surface area contributed by atoms with E-state index in [1.54, 1.807) is 11.8 Å². The van der Waals surface area contributed by atoms with Crippen LogP contribution in [0.5, 0.6) is 0 Å². The second-order valence-corrected chi connectivity index (χ2v) is 6.43. The molecule has 0 aliphatic heterocycles. The minimum absolute atomic E-state index is 0.657. The van der Waals surface area contributed by atoms with E-state index in [1.165, 1.54) is 22.5 Å². The van der Waals surface area contributed by atoms with Crippen LogP contribution in [0.2, 0.25) is 4.34 Å². The molecule has 3 rings (SSSR count). The smallest absolute Gasteiger partial charge is 0.138 e. The largest absolute Gasteiger partial charge is 0.241 e. The second kappa shape index (κ2) is 5.45. The lowest BCUT2D eigenvalue weighted by Gasteiger charge is -2.05. The van der Waals surface area contributed by atoms with E-state index in [4.69, 9.17) is 11.6 Å². The Hall–Kier alpha value is -1.17. The van der Waals surface area contributed by atoms with E-state index in [1.807, 2.05) is 18.2 Å². The van der Waals surface area contributed by atoms with E-state index in [2.05, 4.69) is 33.6 Å². The van der Waals surface area contributed by atoms with Crippen molar-refractivity contribution >= 4 is 45.8 Å². The van der Waals surface area contributed by atoms with E-state index in [9.17, 15) is 0 Å². The maximum Gasteiger partial charge on any atom is 0.138 e. The molecule has 0 saturated heterocycles. The van der Waals surface area contributed by atoms with E-state index >= 15 is 0 Å². The Balaban J connectivity index is 1.87. The highest BCUT2D eigenvalue weighted by Crippen LogP contribution is 2.28. The van der Waals surface area contributed by atoms with Gasteiger partial charge in [-0.3, -0.25) is 0 Å². The Morgan fingerprint density at radius 3 is 2.95 bits per heavy atom. The molecule has 3 aromatic rings. The van der Waals surface area contributed by atoms with Gasteiger partial charge in [-0.05, 0) is 24.6 Å². The van der Waals surface area contributed by atoms with Crippen molar-refractivity contribution in [2.45, 2.75) is 17.7 Å². The van der Waals surface area contributed by atoms with Gasteiger partial charge in [-0.25, -0.2) is 4.98 Å². The Bertz CT molecular complexity index is 727. The van der Waals surface area contributed by atoms with Gasteiger partial charge in [0.25, 0.3) is 0 Å². The fourth-order valence-electron chi connectivity index (χ4n) is 1.82. The van der Waals surface area contributed by atoms with Crippen LogP contribution >= 0.6 is 34.9 Å². The molecule has 19 heavy (non-hydrogen) atoms. The quantitative estimate of drug-likeness (QED) is 0.675. The van der Waals surface area contributed by atoms with Gasteiger partial charge in [-0.1, -0.05) is 46.1 Å². The lowest BCUT2D eigenvalue weighted by molar-refractivity contribution is 1.07. The van der Waals surface area contributed by atoms with Gasteiger partial charge in [0, 0.05) is 22.7 Å². The van der Waals surface area contributed by atoms with Crippen molar-refractivity contribution in [3.8, 4) is 0 Å². The molecule has 3 nitrogen and oxygen atoms in total. The summed E-state index contributed by atoms with van der Waals surface area (Å²) in [7, 11) is 0. The number of nitrogens with zero attached hydrogens (tertiary/aromatic N) is 3. The van der Waals surface area contributed by atoms with Crippen LogP contribution in [-0.2, 0) is 5.75 Å². The summed E-state index contributed by atoms with van der Waals surface area (Å²) in [5.41, 5.74) is 3.08. The van der Waals surface area contributed by atoms with Crippen molar-refractivity contribution in [2.75, 3.05) is 0 Å². The molecule has 0 saturated carbocycles. The second-order valence-electron chi connectivity index (χ2n) is 4.08. The Morgan fingerprint density at radius 1 is 1.32 bits per heavy atom. The zero-order chi connectivity index (χ0) is 13.2. The number of rotatable bonds is 3. The van der Waals surface area contributed by atoms with Gasteiger partial charge in [-0.15, -0.1) is 5.10 Å². The minimum Gasteiger partial charge on any atom is -0.241 e. The predicted octanol–water partition coefficient (Wildman–Crippen LogP) is 4.34. The monoisotopic (exact) mass is 307 g/mol.